The zero-order valence-electron chi connectivity index (χ0n) is 40.1. The molecule has 0 aliphatic carbocycles. The van der Waals surface area contributed by atoms with Crippen LogP contribution >= 0.6 is 0 Å². The molecule has 74 heavy (non-hydrogen) atoms. The molecule has 0 aliphatic heterocycles. The molecule has 15 rings (SSSR count). The molecule has 0 radical (unpaired) electrons. The largest absolute Gasteiger partial charge is 0.309 e. The summed E-state index contributed by atoms with van der Waals surface area (Å²) in [5.41, 5.74) is 14.1. The van der Waals surface area contributed by atoms with E-state index < -0.39 is 0 Å². The first kappa shape index (κ1) is 41.8. The van der Waals surface area contributed by atoms with Crippen LogP contribution in [0.3, 0.4) is 0 Å². The molecule has 3 heterocycles. The molecule has 0 bridgehead atoms. The van der Waals surface area contributed by atoms with Gasteiger partial charge in [-0.05, 0) is 93.0 Å². The average molecular weight is 942 g/mol. The van der Waals surface area contributed by atoms with E-state index in [1.807, 2.05) is 12.1 Å². The average Bonchev–Trinajstić information content (AvgIpc) is 3.99. The van der Waals surface area contributed by atoms with Gasteiger partial charge < -0.3 is 9.13 Å². The minimum Gasteiger partial charge on any atom is -0.309 e. The molecule has 15 aromatic rings. The number of fused-ring (bicyclic) bond motifs is 10. The van der Waals surface area contributed by atoms with E-state index in [4.69, 9.17) is 15.0 Å². The Morgan fingerprint density at radius 1 is 0.230 bits per heavy atom. The van der Waals surface area contributed by atoms with Crippen molar-refractivity contribution in [2.75, 3.05) is 0 Å². The van der Waals surface area contributed by atoms with Gasteiger partial charge in [0.2, 0.25) is 0 Å². The molecule has 0 unspecified atom stereocenters. The van der Waals surface area contributed by atoms with Gasteiger partial charge in [0.25, 0.3) is 0 Å². The Bertz CT molecular complexity index is 4620. The van der Waals surface area contributed by atoms with Crippen LogP contribution in [0, 0.1) is 0 Å². The summed E-state index contributed by atoms with van der Waals surface area (Å²) in [4.78, 5) is 16.0. The van der Waals surface area contributed by atoms with Crippen molar-refractivity contribution in [2.45, 2.75) is 0 Å². The van der Waals surface area contributed by atoms with Crippen molar-refractivity contribution in [3.63, 3.8) is 0 Å². The fourth-order valence-corrected chi connectivity index (χ4v) is 11.5. The third-order valence-corrected chi connectivity index (χ3v) is 14.9. The van der Waals surface area contributed by atoms with E-state index in [2.05, 4.69) is 258 Å². The first-order chi connectivity index (χ1) is 36.7. The van der Waals surface area contributed by atoms with Crippen LogP contribution in [0.2, 0.25) is 0 Å². The lowest BCUT2D eigenvalue weighted by Gasteiger charge is -2.16. The molecule has 0 fully saturated rings. The molecular weight excluding hydrogens is 899 g/mol. The van der Waals surface area contributed by atoms with Gasteiger partial charge in [-0.15, -0.1) is 0 Å². The molecular formula is C69H43N5. The molecule has 3 aromatic heterocycles. The molecule has 0 spiro atoms. The summed E-state index contributed by atoms with van der Waals surface area (Å²) >= 11 is 0. The van der Waals surface area contributed by atoms with E-state index in [-0.39, 0.29) is 0 Å². The lowest BCUT2D eigenvalue weighted by Crippen LogP contribution is -2.02. The maximum Gasteiger partial charge on any atom is 0.164 e. The fraction of sp³-hybridized carbons (Fsp3) is 0. The van der Waals surface area contributed by atoms with Gasteiger partial charge in [0.05, 0.1) is 33.4 Å². The van der Waals surface area contributed by atoms with Gasteiger partial charge in [-0.1, -0.05) is 206 Å². The van der Waals surface area contributed by atoms with E-state index in [1.54, 1.807) is 0 Å². The lowest BCUT2D eigenvalue weighted by atomic mass is 10.0. The maximum atomic E-state index is 5.36. The summed E-state index contributed by atoms with van der Waals surface area (Å²) in [6.45, 7) is 0. The predicted octanol–water partition coefficient (Wildman–Crippen LogP) is 17.9. The number of aromatic nitrogens is 5. The van der Waals surface area contributed by atoms with E-state index in [1.165, 1.54) is 54.1 Å². The smallest absolute Gasteiger partial charge is 0.164 e. The van der Waals surface area contributed by atoms with Gasteiger partial charge in [0.15, 0.2) is 17.5 Å². The Hall–Kier alpha value is -9.97. The van der Waals surface area contributed by atoms with Crippen LogP contribution in [0.15, 0.2) is 261 Å². The Kier molecular flexibility index (Phi) is 9.50. The van der Waals surface area contributed by atoms with Crippen molar-refractivity contribution < 1.29 is 0 Å². The number of hydrogen-bond acceptors (Lipinski definition) is 3. The van der Waals surface area contributed by atoms with Crippen molar-refractivity contribution in [1.82, 2.24) is 24.1 Å². The molecule has 0 N–H and O–H groups in total. The molecule has 344 valence electrons. The highest BCUT2D eigenvalue weighted by molar-refractivity contribution is 6.21. The highest BCUT2D eigenvalue weighted by atomic mass is 15.0. The molecule has 5 nitrogen and oxygen atoms in total. The van der Waals surface area contributed by atoms with Crippen LogP contribution in [0.1, 0.15) is 0 Å². The van der Waals surface area contributed by atoms with Gasteiger partial charge in [0.1, 0.15) is 0 Å². The van der Waals surface area contributed by atoms with Gasteiger partial charge >= 0.3 is 0 Å². The summed E-state index contributed by atoms with van der Waals surface area (Å²) in [5, 5.41) is 11.9. The summed E-state index contributed by atoms with van der Waals surface area (Å²) in [7, 11) is 0. The maximum absolute atomic E-state index is 5.36. The summed E-state index contributed by atoms with van der Waals surface area (Å²) in [6.07, 6.45) is 0. The number of benzene rings is 12. The fourth-order valence-electron chi connectivity index (χ4n) is 11.5. The summed E-state index contributed by atoms with van der Waals surface area (Å²) in [5.74, 6) is 1.84. The third kappa shape index (κ3) is 6.68. The van der Waals surface area contributed by atoms with Crippen molar-refractivity contribution in [3.8, 4) is 67.8 Å². The third-order valence-electron chi connectivity index (χ3n) is 14.9. The second-order valence-corrected chi connectivity index (χ2v) is 19.1. The van der Waals surface area contributed by atoms with Crippen LogP contribution in [0.25, 0.3) is 144 Å². The van der Waals surface area contributed by atoms with Crippen molar-refractivity contribution in [2.24, 2.45) is 0 Å². The Morgan fingerprint density at radius 3 is 1.42 bits per heavy atom. The first-order valence-electron chi connectivity index (χ1n) is 25.2. The van der Waals surface area contributed by atoms with Crippen LogP contribution in [0.5, 0.6) is 0 Å². The summed E-state index contributed by atoms with van der Waals surface area (Å²) < 4.78 is 4.95. The number of para-hydroxylation sites is 2. The molecule has 0 saturated carbocycles. The van der Waals surface area contributed by atoms with Crippen LogP contribution in [-0.4, -0.2) is 24.1 Å². The molecule has 0 atom stereocenters. The molecule has 0 amide bonds. The number of rotatable bonds is 7. The second-order valence-electron chi connectivity index (χ2n) is 19.1. The Labute approximate surface area is 426 Å². The second kappa shape index (κ2) is 16.8. The van der Waals surface area contributed by atoms with Crippen molar-refractivity contribution in [1.29, 1.82) is 0 Å². The van der Waals surface area contributed by atoms with E-state index in [0.717, 1.165) is 72.1 Å². The monoisotopic (exact) mass is 941 g/mol. The quantitative estimate of drug-likeness (QED) is 0.160. The van der Waals surface area contributed by atoms with E-state index in [9.17, 15) is 0 Å². The van der Waals surface area contributed by atoms with Gasteiger partial charge in [0, 0.05) is 54.4 Å². The molecule has 0 aliphatic rings. The molecule has 5 heteroatoms. The Morgan fingerprint density at radius 2 is 0.730 bits per heavy atom. The normalized spacial score (nSPS) is 11.8. The SMILES string of the molecule is c1ccc(-c2cccc(-c3nc(-c4cccc(-c5ccccc5)c4)nc(-c4ccc(-n5c6ccccc6c6cc7cccc(-n8c9ccccc9c9ccc%10ccccc%10c98)c7cc65)c5ccccc45)n3)c2)cc1. The van der Waals surface area contributed by atoms with Crippen LogP contribution < -0.4 is 0 Å². The van der Waals surface area contributed by atoms with E-state index >= 15 is 0 Å². The van der Waals surface area contributed by atoms with Crippen LogP contribution in [-0.2, 0) is 0 Å². The van der Waals surface area contributed by atoms with Crippen LogP contribution in [0.4, 0.5) is 0 Å². The van der Waals surface area contributed by atoms with E-state index in [0.29, 0.717) is 17.5 Å². The standard InChI is InChI=1S/C69H43N5/c1-3-18-44(19-4-1)47-23-15-26-50(40-47)67-70-68(51-27-16-24-48(41-51)45-20-5-2-6-21-45)72-69(71-67)58-38-39-64(54-30-10-9-29-53(54)58)73-61-33-13-12-32-56(61)60-42-49-25-17-35-63(59(49)43-65(60)73)74-62-34-14-11-31-55(62)57-37-36-46-22-7-8-28-52(46)66(57)74/h1-43H. The predicted molar refractivity (Wildman–Crippen MR) is 308 cm³/mol. The van der Waals surface area contributed by atoms with Crippen molar-refractivity contribution >= 4 is 75.9 Å². The van der Waals surface area contributed by atoms with Gasteiger partial charge in [-0.3, -0.25) is 0 Å². The number of nitrogens with zero attached hydrogens (tertiary/aromatic N) is 5. The van der Waals surface area contributed by atoms with Gasteiger partial charge in [-0.25, -0.2) is 15.0 Å². The van der Waals surface area contributed by atoms with Gasteiger partial charge in [-0.2, -0.15) is 0 Å². The number of hydrogen-bond donors (Lipinski definition) is 0. The highest BCUT2D eigenvalue weighted by Crippen LogP contribution is 2.43. The highest BCUT2D eigenvalue weighted by Gasteiger charge is 2.22. The molecule has 0 saturated heterocycles. The van der Waals surface area contributed by atoms with Crippen molar-refractivity contribution in [3.05, 3.63) is 261 Å². The molecule has 12 aromatic carbocycles. The minimum atomic E-state index is 0.611. The zero-order chi connectivity index (χ0) is 48.7. The first-order valence-corrected chi connectivity index (χ1v) is 25.2. The lowest BCUT2D eigenvalue weighted by molar-refractivity contribution is 1.08. The zero-order valence-corrected chi connectivity index (χ0v) is 40.1. The topological polar surface area (TPSA) is 48.5 Å². The summed E-state index contributed by atoms with van der Waals surface area (Å²) in [6, 6.07) is 93.6. The minimum absolute atomic E-state index is 0.611. The Balaban J connectivity index is 0.951.